The summed E-state index contributed by atoms with van der Waals surface area (Å²) in [5.41, 5.74) is 1.21. The number of carbonyl (C=O) groups excluding carboxylic acids is 2. The van der Waals surface area contributed by atoms with Gasteiger partial charge in [0.2, 0.25) is 0 Å². The van der Waals surface area contributed by atoms with E-state index in [1.807, 2.05) is 0 Å². The van der Waals surface area contributed by atoms with E-state index in [2.05, 4.69) is 0 Å². The van der Waals surface area contributed by atoms with Crippen LogP contribution in [0, 0.1) is 0 Å². The lowest BCUT2D eigenvalue weighted by atomic mass is 10.1. The Hall–Kier alpha value is -1.84. The first kappa shape index (κ1) is 15.5. The first-order valence-corrected chi connectivity index (χ1v) is 6.97. The lowest BCUT2D eigenvalue weighted by Crippen LogP contribution is -2.11. The molecule has 21 heavy (non-hydrogen) atoms. The van der Waals surface area contributed by atoms with Crippen LogP contribution in [-0.2, 0) is 11.2 Å². The fourth-order valence-corrected chi connectivity index (χ4v) is 2.22. The van der Waals surface area contributed by atoms with Crippen LogP contribution in [0.2, 0.25) is 10.0 Å². The lowest BCUT2D eigenvalue weighted by Gasteiger charge is -2.06. The molecule has 0 spiro atoms. The molecule has 0 atom stereocenters. The van der Waals surface area contributed by atoms with Gasteiger partial charge in [-0.1, -0.05) is 29.3 Å². The van der Waals surface area contributed by atoms with Gasteiger partial charge < -0.3 is 4.74 Å². The SMILES string of the molecule is CC(=O)c1ccc(OC(=O)Cc2ccc(Cl)cc2Cl)cc1. The van der Waals surface area contributed by atoms with Crippen molar-refractivity contribution < 1.29 is 14.3 Å². The fraction of sp³-hybridized carbons (Fsp3) is 0.125. The zero-order valence-corrected chi connectivity index (χ0v) is 12.7. The van der Waals surface area contributed by atoms with Gasteiger partial charge in [-0.15, -0.1) is 0 Å². The third-order valence-electron chi connectivity index (χ3n) is 2.84. The molecule has 108 valence electrons. The Morgan fingerprint density at radius 3 is 2.29 bits per heavy atom. The van der Waals surface area contributed by atoms with Gasteiger partial charge >= 0.3 is 5.97 Å². The number of benzene rings is 2. The third-order valence-corrected chi connectivity index (χ3v) is 3.43. The first-order chi connectivity index (χ1) is 9.95. The number of rotatable bonds is 4. The van der Waals surface area contributed by atoms with Crippen LogP contribution in [0.3, 0.4) is 0 Å². The molecule has 0 unspecified atom stereocenters. The standard InChI is InChI=1S/C16H12Cl2O3/c1-10(19)11-3-6-14(7-4-11)21-16(20)8-12-2-5-13(17)9-15(12)18/h2-7,9H,8H2,1H3. The fourth-order valence-electron chi connectivity index (χ4n) is 1.75. The highest BCUT2D eigenvalue weighted by atomic mass is 35.5. The lowest BCUT2D eigenvalue weighted by molar-refractivity contribution is -0.133. The van der Waals surface area contributed by atoms with Crippen molar-refractivity contribution in [2.45, 2.75) is 13.3 Å². The largest absolute Gasteiger partial charge is 0.426 e. The maximum Gasteiger partial charge on any atom is 0.315 e. The van der Waals surface area contributed by atoms with Crippen molar-refractivity contribution in [2.75, 3.05) is 0 Å². The molecule has 0 N–H and O–H groups in total. The number of hydrogen-bond donors (Lipinski definition) is 0. The van der Waals surface area contributed by atoms with E-state index in [0.717, 1.165) is 0 Å². The summed E-state index contributed by atoms with van der Waals surface area (Å²) in [6.07, 6.45) is 0.0461. The van der Waals surface area contributed by atoms with Crippen LogP contribution in [0.1, 0.15) is 22.8 Å². The van der Waals surface area contributed by atoms with E-state index in [4.69, 9.17) is 27.9 Å². The quantitative estimate of drug-likeness (QED) is 0.477. The number of carbonyl (C=O) groups is 2. The van der Waals surface area contributed by atoms with Crippen LogP contribution in [0.5, 0.6) is 5.75 Å². The van der Waals surface area contributed by atoms with Crippen molar-refractivity contribution in [1.82, 2.24) is 0 Å². The highest BCUT2D eigenvalue weighted by molar-refractivity contribution is 6.35. The summed E-state index contributed by atoms with van der Waals surface area (Å²) in [5.74, 6) is -0.0919. The predicted molar refractivity (Wildman–Crippen MR) is 82.2 cm³/mol. The number of halogens is 2. The van der Waals surface area contributed by atoms with Gasteiger partial charge in [0.1, 0.15) is 5.75 Å². The summed E-state index contributed by atoms with van der Waals surface area (Å²) in [5, 5.41) is 0.934. The van der Waals surface area contributed by atoms with Crippen LogP contribution in [0.25, 0.3) is 0 Å². The Bertz CT molecular complexity index is 678. The molecule has 0 aromatic heterocycles. The minimum Gasteiger partial charge on any atom is -0.426 e. The smallest absolute Gasteiger partial charge is 0.315 e. The minimum atomic E-state index is -0.435. The molecule has 0 saturated carbocycles. The van der Waals surface area contributed by atoms with Crippen molar-refractivity contribution in [1.29, 1.82) is 0 Å². The van der Waals surface area contributed by atoms with Crippen LogP contribution < -0.4 is 4.74 Å². The molecule has 0 fully saturated rings. The second-order valence-corrected chi connectivity index (χ2v) is 5.31. The number of hydrogen-bond acceptors (Lipinski definition) is 3. The second kappa shape index (κ2) is 6.74. The molecular weight excluding hydrogens is 311 g/mol. The van der Waals surface area contributed by atoms with Gasteiger partial charge in [0.25, 0.3) is 0 Å². The summed E-state index contributed by atoms with van der Waals surface area (Å²) in [6, 6.07) is 11.3. The van der Waals surface area contributed by atoms with E-state index in [-0.39, 0.29) is 12.2 Å². The number of ketones is 1. The number of ether oxygens (including phenoxy) is 1. The molecule has 2 rings (SSSR count). The Balaban J connectivity index is 2.02. The molecule has 0 aliphatic rings. The van der Waals surface area contributed by atoms with E-state index in [0.29, 0.717) is 26.9 Å². The maximum absolute atomic E-state index is 11.9. The summed E-state index contributed by atoms with van der Waals surface area (Å²) in [6.45, 7) is 1.48. The van der Waals surface area contributed by atoms with Crippen LogP contribution in [-0.4, -0.2) is 11.8 Å². The van der Waals surface area contributed by atoms with E-state index in [1.54, 1.807) is 42.5 Å². The Morgan fingerprint density at radius 1 is 1.05 bits per heavy atom. The maximum atomic E-state index is 11.9. The summed E-state index contributed by atoms with van der Waals surface area (Å²) < 4.78 is 5.20. The van der Waals surface area contributed by atoms with Crippen molar-refractivity contribution >= 4 is 35.0 Å². The first-order valence-electron chi connectivity index (χ1n) is 6.21. The number of Topliss-reactive ketones (excluding diaryl/α,β-unsaturated/α-hetero) is 1. The molecular formula is C16H12Cl2O3. The molecule has 0 bridgehead atoms. The van der Waals surface area contributed by atoms with Crippen LogP contribution in [0.15, 0.2) is 42.5 Å². The highest BCUT2D eigenvalue weighted by Gasteiger charge is 2.10. The zero-order valence-electron chi connectivity index (χ0n) is 11.2. The van der Waals surface area contributed by atoms with Gasteiger partial charge in [-0.3, -0.25) is 9.59 Å². The Kier molecular flexibility index (Phi) is 4.99. The summed E-state index contributed by atoms with van der Waals surface area (Å²) in [4.78, 5) is 23.0. The van der Waals surface area contributed by atoms with Gasteiger partial charge in [0.15, 0.2) is 5.78 Å². The minimum absolute atomic E-state index is 0.0409. The monoisotopic (exact) mass is 322 g/mol. The Labute approximate surface area is 132 Å². The molecule has 0 aliphatic carbocycles. The van der Waals surface area contributed by atoms with E-state index < -0.39 is 5.97 Å². The number of esters is 1. The second-order valence-electron chi connectivity index (χ2n) is 4.47. The molecule has 0 heterocycles. The molecule has 2 aromatic carbocycles. The molecule has 0 aliphatic heterocycles. The van der Waals surface area contributed by atoms with Gasteiger partial charge in [0, 0.05) is 15.6 Å². The summed E-state index contributed by atoms with van der Waals surface area (Å²) in [7, 11) is 0. The van der Waals surface area contributed by atoms with Gasteiger partial charge in [0.05, 0.1) is 6.42 Å². The van der Waals surface area contributed by atoms with Crippen molar-refractivity contribution in [3.05, 3.63) is 63.6 Å². The summed E-state index contributed by atoms with van der Waals surface area (Å²) >= 11 is 11.8. The molecule has 5 heteroatoms. The molecule has 0 radical (unpaired) electrons. The van der Waals surface area contributed by atoms with Crippen molar-refractivity contribution in [2.24, 2.45) is 0 Å². The molecule has 0 saturated heterocycles. The molecule has 0 amide bonds. The Morgan fingerprint density at radius 2 is 1.71 bits per heavy atom. The van der Waals surface area contributed by atoms with Gasteiger partial charge in [-0.05, 0) is 48.9 Å². The molecule has 2 aromatic rings. The van der Waals surface area contributed by atoms with Crippen molar-refractivity contribution in [3.8, 4) is 5.75 Å². The predicted octanol–water partition coefficient (Wildman–Crippen LogP) is 4.34. The normalized spacial score (nSPS) is 10.2. The highest BCUT2D eigenvalue weighted by Crippen LogP contribution is 2.22. The zero-order chi connectivity index (χ0) is 15.4. The van der Waals surface area contributed by atoms with Crippen LogP contribution in [0.4, 0.5) is 0 Å². The van der Waals surface area contributed by atoms with Gasteiger partial charge in [-0.2, -0.15) is 0 Å². The third kappa shape index (κ3) is 4.31. The van der Waals surface area contributed by atoms with Crippen LogP contribution >= 0.6 is 23.2 Å². The van der Waals surface area contributed by atoms with E-state index in [1.165, 1.54) is 6.92 Å². The average molecular weight is 323 g/mol. The van der Waals surface area contributed by atoms with Crippen molar-refractivity contribution in [3.63, 3.8) is 0 Å². The van der Waals surface area contributed by atoms with E-state index in [9.17, 15) is 9.59 Å². The molecule has 3 nitrogen and oxygen atoms in total. The van der Waals surface area contributed by atoms with E-state index >= 15 is 0 Å². The topological polar surface area (TPSA) is 43.4 Å². The average Bonchev–Trinajstić information content (AvgIpc) is 2.42. The van der Waals surface area contributed by atoms with Gasteiger partial charge in [-0.25, -0.2) is 0 Å².